The Kier molecular flexibility index (Phi) is 10.1. The second kappa shape index (κ2) is 10.4. The van der Waals surface area contributed by atoms with Crippen LogP contribution in [0.2, 0.25) is 0 Å². The van der Waals surface area contributed by atoms with Gasteiger partial charge in [-0.05, 0) is 41.5 Å². The zero-order valence-electron chi connectivity index (χ0n) is 16.8. The van der Waals surface area contributed by atoms with E-state index in [-0.39, 0.29) is 35.6 Å². The van der Waals surface area contributed by atoms with Crippen LogP contribution in [0.1, 0.15) is 41.5 Å². The number of rotatable bonds is 3. The maximum absolute atomic E-state index is 12.0. The number of halogens is 1. The normalized spacial score (nSPS) is 16.9. The molecule has 1 heterocycles. The number of hydrogen-bond donors (Lipinski definition) is 2. The van der Waals surface area contributed by atoms with E-state index < -0.39 is 5.60 Å². The largest absolute Gasteiger partial charge is 0.444 e. The van der Waals surface area contributed by atoms with Gasteiger partial charge < -0.3 is 20.3 Å². The Labute approximate surface area is 170 Å². The van der Waals surface area contributed by atoms with Gasteiger partial charge in [0.05, 0.1) is 0 Å². The molecule has 7 nitrogen and oxygen atoms in total. The van der Waals surface area contributed by atoms with E-state index in [1.807, 2.05) is 20.8 Å². The average molecular weight is 469 g/mol. The van der Waals surface area contributed by atoms with E-state index >= 15 is 0 Å². The first kappa shape index (κ1) is 24.2. The molecule has 1 aliphatic heterocycles. The maximum atomic E-state index is 12.0. The summed E-state index contributed by atoms with van der Waals surface area (Å²) in [4.78, 5) is 20.4. The van der Waals surface area contributed by atoms with Gasteiger partial charge in [0.2, 0.25) is 0 Å². The number of aliphatic imine (C=N–C) groups is 1. The van der Waals surface area contributed by atoms with Crippen molar-refractivity contribution in [3.8, 4) is 0 Å². The van der Waals surface area contributed by atoms with E-state index in [1.54, 1.807) is 11.9 Å². The van der Waals surface area contributed by atoms with Crippen molar-refractivity contribution in [2.75, 3.05) is 46.3 Å². The smallest absolute Gasteiger partial charge is 0.410 e. The van der Waals surface area contributed by atoms with Gasteiger partial charge in [-0.25, -0.2) is 4.79 Å². The summed E-state index contributed by atoms with van der Waals surface area (Å²) < 4.78 is 5.42. The zero-order valence-corrected chi connectivity index (χ0v) is 19.1. The molecule has 25 heavy (non-hydrogen) atoms. The minimum atomic E-state index is -0.436. The number of carbonyl (C=O) groups is 1. The molecule has 0 bridgehead atoms. The Bertz CT molecular complexity index is 435. The van der Waals surface area contributed by atoms with Gasteiger partial charge >= 0.3 is 6.09 Å². The second-order valence-electron chi connectivity index (χ2n) is 8.18. The van der Waals surface area contributed by atoms with Crippen molar-refractivity contribution >= 4 is 36.0 Å². The quantitative estimate of drug-likeness (QED) is 0.377. The lowest BCUT2D eigenvalue weighted by Gasteiger charge is -2.35. The first-order valence-corrected chi connectivity index (χ1v) is 8.69. The molecule has 2 N–H and O–H groups in total. The molecular weight excluding hydrogens is 433 g/mol. The Balaban J connectivity index is 0.00000576. The monoisotopic (exact) mass is 469 g/mol. The topological polar surface area (TPSA) is 69.2 Å². The molecule has 0 unspecified atom stereocenters. The van der Waals surface area contributed by atoms with Crippen molar-refractivity contribution in [1.82, 2.24) is 20.4 Å². The standard InChI is InChI=1S/C17H35N5O2.HI/c1-16(2,3)20-14(18-7)19-8-9-21-10-12-22(13-11-21)15(23)24-17(4,5)6;/h8-13H2,1-7H3,(H2,18,19,20);1H. The Hall–Kier alpha value is -0.770. The number of nitrogens with zero attached hydrogens (tertiary/aromatic N) is 3. The fourth-order valence-corrected chi connectivity index (χ4v) is 2.35. The lowest BCUT2D eigenvalue weighted by atomic mass is 10.1. The number of guanidine groups is 1. The van der Waals surface area contributed by atoms with E-state index in [0.717, 1.165) is 32.1 Å². The lowest BCUT2D eigenvalue weighted by molar-refractivity contribution is 0.0147. The van der Waals surface area contributed by atoms with Crippen molar-refractivity contribution < 1.29 is 9.53 Å². The molecule has 1 fully saturated rings. The lowest BCUT2D eigenvalue weighted by Crippen LogP contribution is -2.52. The van der Waals surface area contributed by atoms with Crippen molar-refractivity contribution in [3.05, 3.63) is 0 Å². The molecule has 0 aliphatic carbocycles. The SMILES string of the molecule is CN=C(NCCN1CCN(C(=O)OC(C)(C)C)CC1)NC(C)(C)C.I. The first-order valence-electron chi connectivity index (χ1n) is 8.69. The second-order valence-corrected chi connectivity index (χ2v) is 8.18. The van der Waals surface area contributed by atoms with Crippen LogP contribution in [0, 0.1) is 0 Å². The summed E-state index contributed by atoms with van der Waals surface area (Å²) in [5.41, 5.74) is -0.449. The average Bonchev–Trinajstić information content (AvgIpc) is 2.43. The highest BCUT2D eigenvalue weighted by atomic mass is 127. The molecule has 0 aromatic carbocycles. The summed E-state index contributed by atoms with van der Waals surface area (Å²) >= 11 is 0. The molecule has 1 rings (SSSR count). The summed E-state index contributed by atoms with van der Waals surface area (Å²) in [5, 5.41) is 6.67. The summed E-state index contributed by atoms with van der Waals surface area (Å²) in [5.74, 6) is 0.815. The van der Waals surface area contributed by atoms with Gasteiger partial charge in [-0.15, -0.1) is 24.0 Å². The number of hydrogen-bond acceptors (Lipinski definition) is 4. The van der Waals surface area contributed by atoms with Gasteiger partial charge in [-0.1, -0.05) is 0 Å². The van der Waals surface area contributed by atoms with E-state index in [4.69, 9.17) is 4.74 Å². The Morgan fingerprint density at radius 3 is 2.08 bits per heavy atom. The van der Waals surface area contributed by atoms with Gasteiger partial charge in [0.1, 0.15) is 5.60 Å². The molecule has 1 saturated heterocycles. The minimum absolute atomic E-state index is 0. The molecule has 148 valence electrons. The van der Waals surface area contributed by atoms with Crippen LogP contribution >= 0.6 is 24.0 Å². The third kappa shape index (κ3) is 10.7. The molecule has 8 heteroatoms. The van der Waals surface area contributed by atoms with E-state index in [2.05, 4.69) is 41.3 Å². The maximum Gasteiger partial charge on any atom is 0.410 e. The van der Waals surface area contributed by atoms with E-state index in [0.29, 0.717) is 13.1 Å². The van der Waals surface area contributed by atoms with E-state index in [1.165, 1.54) is 0 Å². The van der Waals surface area contributed by atoms with Gasteiger partial charge in [-0.3, -0.25) is 9.89 Å². The van der Waals surface area contributed by atoms with Crippen LogP contribution in [0.3, 0.4) is 0 Å². The predicted octanol–water partition coefficient (Wildman–Crippen LogP) is 2.12. The predicted molar refractivity (Wildman–Crippen MR) is 114 cm³/mol. The summed E-state index contributed by atoms with van der Waals surface area (Å²) in [7, 11) is 1.78. The summed E-state index contributed by atoms with van der Waals surface area (Å²) in [6.07, 6.45) is -0.213. The summed E-state index contributed by atoms with van der Waals surface area (Å²) in [6, 6.07) is 0. The van der Waals surface area contributed by atoms with Gasteiger partial charge in [0.25, 0.3) is 0 Å². The van der Waals surface area contributed by atoms with Crippen LogP contribution in [0.15, 0.2) is 4.99 Å². The van der Waals surface area contributed by atoms with Gasteiger partial charge in [0.15, 0.2) is 5.96 Å². The van der Waals surface area contributed by atoms with Crippen molar-refractivity contribution in [3.63, 3.8) is 0 Å². The van der Waals surface area contributed by atoms with Crippen molar-refractivity contribution in [1.29, 1.82) is 0 Å². The van der Waals surface area contributed by atoms with Gasteiger partial charge in [0, 0.05) is 51.9 Å². The molecule has 0 radical (unpaired) electrons. The highest BCUT2D eigenvalue weighted by Crippen LogP contribution is 2.11. The molecule has 0 saturated carbocycles. The number of piperazine rings is 1. The van der Waals surface area contributed by atoms with Crippen LogP contribution in [0.4, 0.5) is 4.79 Å². The third-order valence-electron chi connectivity index (χ3n) is 3.46. The highest BCUT2D eigenvalue weighted by Gasteiger charge is 2.25. The molecule has 1 amide bonds. The Morgan fingerprint density at radius 2 is 1.64 bits per heavy atom. The number of carbonyl (C=O) groups excluding carboxylic acids is 1. The van der Waals surface area contributed by atoms with Crippen LogP contribution in [-0.2, 0) is 4.74 Å². The van der Waals surface area contributed by atoms with Crippen LogP contribution in [0.5, 0.6) is 0 Å². The number of amides is 1. The van der Waals surface area contributed by atoms with Gasteiger partial charge in [-0.2, -0.15) is 0 Å². The van der Waals surface area contributed by atoms with Crippen LogP contribution < -0.4 is 10.6 Å². The molecule has 0 aromatic rings. The molecule has 1 aliphatic rings. The summed E-state index contributed by atoms with van der Waals surface area (Å²) in [6.45, 7) is 16.9. The fraction of sp³-hybridized carbons (Fsp3) is 0.882. The van der Waals surface area contributed by atoms with E-state index in [9.17, 15) is 4.79 Å². The Morgan fingerprint density at radius 1 is 1.08 bits per heavy atom. The van der Waals surface area contributed by atoms with Crippen LogP contribution in [0.25, 0.3) is 0 Å². The van der Waals surface area contributed by atoms with Crippen molar-refractivity contribution in [2.24, 2.45) is 4.99 Å². The van der Waals surface area contributed by atoms with Crippen molar-refractivity contribution in [2.45, 2.75) is 52.7 Å². The molecule has 0 atom stereocenters. The molecular formula is C17H36IN5O2. The highest BCUT2D eigenvalue weighted by molar-refractivity contribution is 14.0. The fourth-order valence-electron chi connectivity index (χ4n) is 2.35. The molecule has 0 spiro atoms. The van der Waals surface area contributed by atoms with Crippen LogP contribution in [-0.4, -0.2) is 79.3 Å². The minimum Gasteiger partial charge on any atom is -0.444 e. The number of nitrogens with one attached hydrogen (secondary N) is 2. The first-order chi connectivity index (χ1) is 11.0. The molecule has 0 aromatic heterocycles. The third-order valence-corrected chi connectivity index (χ3v) is 3.46. The number of ether oxygens (including phenoxy) is 1. The zero-order chi connectivity index (χ0) is 18.4.